The van der Waals surface area contributed by atoms with Gasteiger partial charge in [0.2, 0.25) is 0 Å². The number of aryl methyl sites for hydroxylation is 1. The molecule has 0 radical (unpaired) electrons. The monoisotopic (exact) mass is 288 g/mol. The Morgan fingerprint density at radius 3 is 2.81 bits per heavy atom. The van der Waals surface area contributed by atoms with Crippen molar-refractivity contribution in [2.75, 3.05) is 12.4 Å². The van der Waals surface area contributed by atoms with Crippen LogP contribution in [0.5, 0.6) is 0 Å². The molecular weight excluding hydrogens is 272 g/mol. The SMILES string of the molecule is COC(=O)Cn1ncc(NC(=O)c2cccnc2C)c1C. The van der Waals surface area contributed by atoms with Crippen molar-refractivity contribution in [3.8, 4) is 0 Å². The van der Waals surface area contributed by atoms with Gasteiger partial charge in [0.15, 0.2) is 0 Å². The summed E-state index contributed by atoms with van der Waals surface area (Å²) in [6, 6.07) is 3.40. The first-order valence-electron chi connectivity index (χ1n) is 6.35. The van der Waals surface area contributed by atoms with Gasteiger partial charge in [-0.25, -0.2) is 0 Å². The van der Waals surface area contributed by atoms with E-state index in [0.29, 0.717) is 22.6 Å². The summed E-state index contributed by atoms with van der Waals surface area (Å²) < 4.78 is 6.06. The predicted molar refractivity (Wildman–Crippen MR) is 75.9 cm³/mol. The Labute approximate surface area is 121 Å². The summed E-state index contributed by atoms with van der Waals surface area (Å²) in [6.07, 6.45) is 3.13. The molecule has 0 aromatic carbocycles. The number of nitrogens with one attached hydrogen (secondary N) is 1. The average molecular weight is 288 g/mol. The second-order valence-electron chi connectivity index (χ2n) is 4.47. The number of aromatic nitrogens is 3. The fourth-order valence-corrected chi connectivity index (χ4v) is 1.83. The van der Waals surface area contributed by atoms with E-state index in [4.69, 9.17) is 0 Å². The molecule has 1 N–H and O–H groups in total. The quantitative estimate of drug-likeness (QED) is 0.857. The van der Waals surface area contributed by atoms with Crippen LogP contribution in [-0.2, 0) is 16.1 Å². The fourth-order valence-electron chi connectivity index (χ4n) is 1.83. The molecule has 0 saturated carbocycles. The van der Waals surface area contributed by atoms with E-state index in [1.165, 1.54) is 18.0 Å². The number of pyridine rings is 1. The standard InChI is InChI=1S/C14H16N4O3/c1-9-11(5-4-6-15-9)14(20)17-12-7-16-18(10(12)2)8-13(19)21-3/h4-7H,8H2,1-3H3,(H,17,20). The highest BCUT2D eigenvalue weighted by Gasteiger charge is 2.14. The largest absolute Gasteiger partial charge is 0.468 e. The molecule has 2 aromatic heterocycles. The van der Waals surface area contributed by atoms with Gasteiger partial charge >= 0.3 is 5.97 Å². The molecule has 0 aliphatic heterocycles. The van der Waals surface area contributed by atoms with Crippen molar-refractivity contribution in [3.63, 3.8) is 0 Å². The maximum absolute atomic E-state index is 12.2. The zero-order valence-electron chi connectivity index (χ0n) is 12.1. The van der Waals surface area contributed by atoms with Crippen LogP contribution >= 0.6 is 0 Å². The van der Waals surface area contributed by atoms with Crippen molar-refractivity contribution in [2.45, 2.75) is 20.4 Å². The van der Waals surface area contributed by atoms with Crippen LogP contribution in [0, 0.1) is 13.8 Å². The second-order valence-corrected chi connectivity index (χ2v) is 4.47. The molecule has 0 saturated heterocycles. The van der Waals surface area contributed by atoms with Gasteiger partial charge in [0, 0.05) is 11.9 Å². The van der Waals surface area contributed by atoms with Crippen LogP contribution in [0.2, 0.25) is 0 Å². The Morgan fingerprint density at radius 2 is 2.14 bits per heavy atom. The summed E-state index contributed by atoms with van der Waals surface area (Å²) >= 11 is 0. The highest BCUT2D eigenvalue weighted by Crippen LogP contribution is 2.15. The molecule has 2 heterocycles. The van der Waals surface area contributed by atoms with E-state index < -0.39 is 5.97 Å². The predicted octanol–water partition coefficient (Wildman–Crippen LogP) is 1.32. The lowest BCUT2D eigenvalue weighted by atomic mass is 10.2. The zero-order valence-corrected chi connectivity index (χ0v) is 12.1. The van der Waals surface area contributed by atoms with Crippen LogP contribution in [0.4, 0.5) is 5.69 Å². The third-order valence-corrected chi connectivity index (χ3v) is 3.11. The number of hydrogen-bond donors (Lipinski definition) is 1. The Hall–Kier alpha value is -2.70. The summed E-state index contributed by atoms with van der Waals surface area (Å²) in [5.74, 6) is -0.663. The summed E-state index contributed by atoms with van der Waals surface area (Å²) in [5, 5.41) is 6.82. The number of rotatable bonds is 4. The first kappa shape index (κ1) is 14.7. The molecule has 7 heteroatoms. The van der Waals surface area contributed by atoms with Crippen molar-refractivity contribution in [1.29, 1.82) is 0 Å². The maximum Gasteiger partial charge on any atom is 0.327 e. The summed E-state index contributed by atoms with van der Waals surface area (Å²) in [6.45, 7) is 3.54. The van der Waals surface area contributed by atoms with E-state index in [1.54, 1.807) is 32.2 Å². The van der Waals surface area contributed by atoms with Gasteiger partial charge in [-0.2, -0.15) is 5.10 Å². The minimum Gasteiger partial charge on any atom is -0.468 e. The summed E-state index contributed by atoms with van der Waals surface area (Å²) in [7, 11) is 1.31. The normalized spacial score (nSPS) is 10.2. The Bertz CT molecular complexity index is 679. The van der Waals surface area contributed by atoms with Crippen LogP contribution in [0.25, 0.3) is 0 Å². The molecule has 21 heavy (non-hydrogen) atoms. The minimum atomic E-state index is -0.401. The third-order valence-electron chi connectivity index (χ3n) is 3.11. The number of carbonyl (C=O) groups excluding carboxylic acids is 2. The van der Waals surface area contributed by atoms with Gasteiger partial charge in [-0.05, 0) is 26.0 Å². The number of amides is 1. The number of carbonyl (C=O) groups is 2. The zero-order chi connectivity index (χ0) is 15.4. The van der Waals surface area contributed by atoms with Gasteiger partial charge < -0.3 is 10.1 Å². The molecule has 110 valence electrons. The van der Waals surface area contributed by atoms with Crippen molar-refractivity contribution in [3.05, 3.63) is 41.5 Å². The molecule has 1 amide bonds. The molecule has 0 aliphatic rings. The molecule has 0 atom stereocenters. The molecular formula is C14H16N4O3. The highest BCUT2D eigenvalue weighted by molar-refractivity contribution is 6.05. The molecule has 7 nitrogen and oxygen atoms in total. The van der Waals surface area contributed by atoms with Crippen molar-refractivity contribution in [2.24, 2.45) is 0 Å². The Balaban J connectivity index is 2.15. The van der Waals surface area contributed by atoms with Crippen LogP contribution in [0.1, 0.15) is 21.7 Å². The van der Waals surface area contributed by atoms with E-state index in [1.807, 2.05) is 0 Å². The van der Waals surface area contributed by atoms with Crippen molar-refractivity contribution >= 4 is 17.6 Å². The molecule has 0 unspecified atom stereocenters. The highest BCUT2D eigenvalue weighted by atomic mass is 16.5. The summed E-state index contributed by atoms with van der Waals surface area (Å²) in [5.41, 5.74) is 2.37. The van der Waals surface area contributed by atoms with E-state index in [2.05, 4.69) is 20.1 Å². The number of ether oxygens (including phenoxy) is 1. The topological polar surface area (TPSA) is 86.1 Å². The minimum absolute atomic E-state index is 0.00409. The van der Waals surface area contributed by atoms with Gasteiger partial charge in [-0.3, -0.25) is 19.3 Å². The fraction of sp³-hybridized carbons (Fsp3) is 0.286. The number of hydrogen-bond acceptors (Lipinski definition) is 5. The lowest BCUT2D eigenvalue weighted by Crippen LogP contribution is -2.16. The molecule has 2 rings (SSSR count). The third kappa shape index (κ3) is 3.25. The lowest BCUT2D eigenvalue weighted by molar-refractivity contribution is -0.141. The second kappa shape index (κ2) is 6.17. The van der Waals surface area contributed by atoms with E-state index in [9.17, 15) is 9.59 Å². The van der Waals surface area contributed by atoms with Crippen molar-refractivity contribution < 1.29 is 14.3 Å². The van der Waals surface area contributed by atoms with Gasteiger partial charge in [0.05, 0.1) is 30.3 Å². The average Bonchev–Trinajstić information content (AvgIpc) is 2.80. The van der Waals surface area contributed by atoms with Gasteiger partial charge in [0.1, 0.15) is 6.54 Å². The lowest BCUT2D eigenvalue weighted by Gasteiger charge is -2.07. The summed E-state index contributed by atoms with van der Waals surface area (Å²) in [4.78, 5) is 27.5. The number of methoxy groups -OCH3 is 1. The van der Waals surface area contributed by atoms with Crippen LogP contribution in [0.15, 0.2) is 24.5 Å². The molecule has 0 spiro atoms. The molecule has 2 aromatic rings. The van der Waals surface area contributed by atoms with Crippen LogP contribution in [-0.4, -0.2) is 33.8 Å². The van der Waals surface area contributed by atoms with Gasteiger partial charge in [0.25, 0.3) is 5.91 Å². The molecule has 0 bridgehead atoms. The van der Waals surface area contributed by atoms with E-state index >= 15 is 0 Å². The molecule has 0 fully saturated rings. The van der Waals surface area contributed by atoms with E-state index in [0.717, 1.165) is 0 Å². The molecule has 0 aliphatic carbocycles. The number of esters is 1. The van der Waals surface area contributed by atoms with Crippen molar-refractivity contribution in [1.82, 2.24) is 14.8 Å². The first-order valence-corrected chi connectivity index (χ1v) is 6.35. The Kier molecular flexibility index (Phi) is 4.32. The number of nitrogens with zero attached hydrogens (tertiary/aromatic N) is 3. The van der Waals surface area contributed by atoms with Gasteiger partial charge in [-0.1, -0.05) is 0 Å². The smallest absolute Gasteiger partial charge is 0.327 e. The maximum atomic E-state index is 12.2. The Morgan fingerprint density at radius 1 is 1.38 bits per heavy atom. The first-order chi connectivity index (χ1) is 10.0. The number of anilines is 1. The van der Waals surface area contributed by atoms with E-state index in [-0.39, 0.29) is 12.5 Å². The van der Waals surface area contributed by atoms with Crippen LogP contribution in [0.3, 0.4) is 0 Å². The van der Waals surface area contributed by atoms with Gasteiger partial charge in [-0.15, -0.1) is 0 Å². The van der Waals surface area contributed by atoms with Crippen LogP contribution < -0.4 is 5.32 Å².